The van der Waals surface area contributed by atoms with E-state index in [-0.39, 0.29) is 6.04 Å². The summed E-state index contributed by atoms with van der Waals surface area (Å²) in [5, 5.41) is 11.8. The third-order valence-corrected chi connectivity index (χ3v) is 3.66. The third-order valence-electron chi connectivity index (χ3n) is 3.66. The van der Waals surface area contributed by atoms with E-state index < -0.39 is 0 Å². The minimum absolute atomic E-state index is 0.0161. The summed E-state index contributed by atoms with van der Waals surface area (Å²) in [4.78, 5) is 4.42. The molecule has 0 radical (unpaired) electrons. The molecule has 1 aliphatic heterocycles. The number of benzene rings is 1. The molecular formula is C14H15N5O. The number of aromatic nitrogens is 4. The quantitative estimate of drug-likeness (QED) is 0.791. The summed E-state index contributed by atoms with van der Waals surface area (Å²) in [5.74, 6) is 2.02. The predicted octanol–water partition coefficient (Wildman–Crippen LogP) is 2.54. The molecule has 1 aliphatic rings. The van der Waals surface area contributed by atoms with Crippen molar-refractivity contribution < 1.29 is 4.42 Å². The van der Waals surface area contributed by atoms with Gasteiger partial charge in [-0.25, -0.2) is 0 Å². The van der Waals surface area contributed by atoms with E-state index in [1.807, 2.05) is 31.2 Å². The van der Waals surface area contributed by atoms with Crippen LogP contribution in [0, 0.1) is 0 Å². The number of fused-ring (bicyclic) bond motifs is 2. The largest absolute Gasteiger partial charge is 0.424 e. The number of anilines is 1. The van der Waals surface area contributed by atoms with Crippen molar-refractivity contribution in [1.29, 1.82) is 0 Å². The Bertz CT molecular complexity index is 727. The van der Waals surface area contributed by atoms with Crippen molar-refractivity contribution in [2.45, 2.75) is 32.4 Å². The van der Waals surface area contributed by atoms with Crippen LogP contribution in [0.2, 0.25) is 0 Å². The molecule has 0 unspecified atom stereocenters. The van der Waals surface area contributed by atoms with Crippen LogP contribution in [0.25, 0.3) is 11.1 Å². The summed E-state index contributed by atoms with van der Waals surface area (Å²) in [6, 6.07) is 8.27. The van der Waals surface area contributed by atoms with Gasteiger partial charge in [0, 0.05) is 13.0 Å². The van der Waals surface area contributed by atoms with Gasteiger partial charge in [0.25, 0.3) is 6.01 Å². The van der Waals surface area contributed by atoms with Crippen LogP contribution >= 0.6 is 0 Å². The van der Waals surface area contributed by atoms with Crippen molar-refractivity contribution in [2.75, 3.05) is 5.32 Å². The number of oxazole rings is 1. The van der Waals surface area contributed by atoms with Gasteiger partial charge in [0.05, 0.1) is 6.04 Å². The lowest BCUT2D eigenvalue weighted by Gasteiger charge is -2.11. The molecule has 0 spiro atoms. The lowest BCUT2D eigenvalue weighted by atomic mass is 10.3. The fourth-order valence-electron chi connectivity index (χ4n) is 2.68. The standard InChI is InChI=1S/C14H15N5O/c1-9(13-18-17-12-7-4-8-19(12)13)15-14-16-10-5-2-3-6-11(10)20-14/h2-3,5-6,9H,4,7-8H2,1H3,(H,15,16)/t9-/m1/s1. The average Bonchev–Trinajstić information content (AvgIpc) is 3.12. The molecule has 0 amide bonds. The molecule has 0 saturated heterocycles. The molecule has 1 N–H and O–H groups in total. The summed E-state index contributed by atoms with van der Waals surface area (Å²) in [5.41, 5.74) is 1.64. The SMILES string of the molecule is C[C@@H](Nc1nc2ccccc2o1)c1nnc2n1CCC2. The molecule has 0 aliphatic carbocycles. The van der Waals surface area contributed by atoms with E-state index in [2.05, 4.69) is 25.1 Å². The number of hydrogen-bond donors (Lipinski definition) is 1. The van der Waals surface area contributed by atoms with Gasteiger partial charge in [-0.2, -0.15) is 4.98 Å². The maximum atomic E-state index is 5.68. The van der Waals surface area contributed by atoms with Crippen molar-refractivity contribution in [3.63, 3.8) is 0 Å². The second kappa shape index (κ2) is 4.33. The fraction of sp³-hybridized carbons (Fsp3) is 0.357. The Morgan fingerprint density at radius 3 is 3.10 bits per heavy atom. The summed E-state index contributed by atoms with van der Waals surface area (Å²) in [7, 11) is 0. The molecular weight excluding hydrogens is 254 g/mol. The Kier molecular flexibility index (Phi) is 2.48. The normalized spacial score (nSPS) is 15.4. The van der Waals surface area contributed by atoms with Crippen LogP contribution in [0.3, 0.4) is 0 Å². The number of para-hydroxylation sites is 2. The number of aryl methyl sites for hydroxylation is 1. The fourth-order valence-corrected chi connectivity index (χ4v) is 2.68. The van der Waals surface area contributed by atoms with Gasteiger partial charge in [0.1, 0.15) is 11.3 Å². The highest BCUT2D eigenvalue weighted by Crippen LogP contribution is 2.24. The van der Waals surface area contributed by atoms with E-state index in [9.17, 15) is 0 Å². The van der Waals surface area contributed by atoms with Gasteiger partial charge in [-0.15, -0.1) is 10.2 Å². The number of hydrogen-bond acceptors (Lipinski definition) is 5. The van der Waals surface area contributed by atoms with Crippen LogP contribution < -0.4 is 5.32 Å². The van der Waals surface area contributed by atoms with Gasteiger partial charge in [0.2, 0.25) is 0 Å². The summed E-state index contributed by atoms with van der Waals surface area (Å²) >= 11 is 0. The van der Waals surface area contributed by atoms with Gasteiger partial charge in [0.15, 0.2) is 11.4 Å². The summed E-state index contributed by atoms with van der Waals surface area (Å²) < 4.78 is 7.86. The lowest BCUT2D eigenvalue weighted by Crippen LogP contribution is -2.13. The lowest BCUT2D eigenvalue weighted by molar-refractivity contribution is 0.586. The summed E-state index contributed by atoms with van der Waals surface area (Å²) in [6.07, 6.45) is 2.16. The first-order valence-electron chi connectivity index (χ1n) is 6.85. The van der Waals surface area contributed by atoms with E-state index in [4.69, 9.17) is 4.42 Å². The number of nitrogens with one attached hydrogen (secondary N) is 1. The maximum Gasteiger partial charge on any atom is 0.296 e. The molecule has 20 heavy (non-hydrogen) atoms. The van der Waals surface area contributed by atoms with Crippen molar-refractivity contribution in [2.24, 2.45) is 0 Å². The molecule has 1 atom stereocenters. The highest BCUT2D eigenvalue weighted by molar-refractivity contribution is 5.74. The van der Waals surface area contributed by atoms with Crippen molar-refractivity contribution in [1.82, 2.24) is 19.7 Å². The molecule has 6 heteroatoms. The first kappa shape index (κ1) is 11.5. The Morgan fingerprint density at radius 1 is 1.30 bits per heavy atom. The summed E-state index contributed by atoms with van der Waals surface area (Å²) in [6.45, 7) is 3.04. The Morgan fingerprint density at radius 2 is 2.20 bits per heavy atom. The van der Waals surface area contributed by atoms with E-state index in [0.29, 0.717) is 6.01 Å². The van der Waals surface area contributed by atoms with Crippen molar-refractivity contribution in [3.8, 4) is 0 Å². The number of rotatable bonds is 3. The zero-order valence-corrected chi connectivity index (χ0v) is 11.2. The molecule has 3 aromatic rings. The van der Waals surface area contributed by atoms with Crippen LogP contribution in [0.5, 0.6) is 0 Å². The van der Waals surface area contributed by atoms with Crippen LogP contribution in [-0.4, -0.2) is 19.7 Å². The Labute approximate surface area is 115 Å². The zero-order valence-electron chi connectivity index (χ0n) is 11.2. The molecule has 3 heterocycles. The first-order valence-corrected chi connectivity index (χ1v) is 6.85. The first-order chi connectivity index (χ1) is 9.81. The second-order valence-electron chi connectivity index (χ2n) is 5.08. The molecule has 102 valence electrons. The molecule has 6 nitrogen and oxygen atoms in total. The minimum atomic E-state index is 0.0161. The van der Waals surface area contributed by atoms with Crippen LogP contribution in [0.15, 0.2) is 28.7 Å². The van der Waals surface area contributed by atoms with Gasteiger partial charge in [-0.3, -0.25) is 0 Å². The zero-order chi connectivity index (χ0) is 13.5. The highest BCUT2D eigenvalue weighted by atomic mass is 16.4. The Hall–Kier alpha value is -2.37. The van der Waals surface area contributed by atoms with Crippen LogP contribution in [0.4, 0.5) is 6.01 Å². The maximum absolute atomic E-state index is 5.68. The van der Waals surface area contributed by atoms with Gasteiger partial charge in [-0.05, 0) is 25.5 Å². The second-order valence-corrected chi connectivity index (χ2v) is 5.08. The third kappa shape index (κ3) is 1.76. The van der Waals surface area contributed by atoms with E-state index >= 15 is 0 Å². The predicted molar refractivity (Wildman–Crippen MR) is 74.4 cm³/mol. The van der Waals surface area contributed by atoms with Crippen LogP contribution in [-0.2, 0) is 13.0 Å². The highest BCUT2D eigenvalue weighted by Gasteiger charge is 2.22. The smallest absolute Gasteiger partial charge is 0.296 e. The topological polar surface area (TPSA) is 68.8 Å². The molecule has 1 aromatic carbocycles. The van der Waals surface area contributed by atoms with Crippen LogP contribution in [0.1, 0.15) is 31.0 Å². The molecule has 0 fully saturated rings. The van der Waals surface area contributed by atoms with E-state index in [1.54, 1.807) is 0 Å². The average molecular weight is 269 g/mol. The van der Waals surface area contributed by atoms with Crippen molar-refractivity contribution in [3.05, 3.63) is 35.9 Å². The van der Waals surface area contributed by atoms with Gasteiger partial charge in [-0.1, -0.05) is 12.1 Å². The minimum Gasteiger partial charge on any atom is -0.424 e. The van der Waals surface area contributed by atoms with Gasteiger partial charge < -0.3 is 14.3 Å². The number of nitrogens with zero attached hydrogens (tertiary/aromatic N) is 4. The molecule has 0 bridgehead atoms. The Balaban J connectivity index is 1.61. The van der Waals surface area contributed by atoms with Gasteiger partial charge >= 0.3 is 0 Å². The molecule has 2 aromatic heterocycles. The molecule has 0 saturated carbocycles. The van der Waals surface area contributed by atoms with E-state index in [1.165, 1.54) is 0 Å². The monoisotopic (exact) mass is 269 g/mol. The molecule has 4 rings (SSSR count). The van der Waals surface area contributed by atoms with E-state index in [0.717, 1.165) is 42.1 Å². The van der Waals surface area contributed by atoms with Crippen molar-refractivity contribution >= 4 is 17.1 Å².